The van der Waals surface area contributed by atoms with Crippen LogP contribution >= 0.6 is 11.3 Å². The third kappa shape index (κ3) is 3.59. The summed E-state index contributed by atoms with van der Waals surface area (Å²) in [6.45, 7) is 9.12. The smallest absolute Gasteiger partial charge is 0.0556 e. The summed E-state index contributed by atoms with van der Waals surface area (Å²) in [5, 5.41) is 2.10. The summed E-state index contributed by atoms with van der Waals surface area (Å²) in [5.41, 5.74) is 3.26. The van der Waals surface area contributed by atoms with E-state index in [0.29, 0.717) is 17.4 Å². The molecule has 0 bridgehead atoms. The van der Waals surface area contributed by atoms with Crippen LogP contribution < -0.4 is 11.3 Å². The molecule has 3 heteroatoms. The summed E-state index contributed by atoms with van der Waals surface area (Å²) in [6.07, 6.45) is 1.08. The number of nitrogens with two attached hydrogens (primary N) is 1. The van der Waals surface area contributed by atoms with Crippen LogP contribution in [0.2, 0.25) is 0 Å². The SMILES string of the molecule is CC(CC(NN)c1cccs1)C(C)(C)C. The largest absolute Gasteiger partial charge is 0.271 e. The molecule has 0 spiro atoms. The monoisotopic (exact) mass is 226 g/mol. The highest BCUT2D eigenvalue weighted by Crippen LogP contribution is 2.34. The standard InChI is InChI=1S/C12H22N2S/c1-9(12(2,3)4)8-10(14-13)11-6-5-7-15-11/h5-7,9-10,14H,8,13H2,1-4H3. The molecular weight excluding hydrogens is 204 g/mol. The minimum absolute atomic E-state index is 0.291. The van der Waals surface area contributed by atoms with Crippen molar-refractivity contribution in [2.24, 2.45) is 17.2 Å². The van der Waals surface area contributed by atoms with Crippen molar-refractivity contribution < 1.29 is 0 Å². The van der Waals surface area contributed by atoms with Crippen molar-refractivity contribution in [1.29, 1.82) is 0 Å². The first-order valence-electron chi connectivity index (χ1n) is 5.44. The minimum atomic E-state index is 0.291. The third-order valence-corrected chi connectivity index (χ3v) is 4.14. The Labute approximate surface area is 96.9 Å². The van der Waals surface area contributed by atoms with Crippen LogP contribution in [0.15, 0.2) is 17.5 Å². The van der Waals surface area contributed by atoms with Gasteiger partial charge in [0.1, 0.15) is 0 Å². The second-order valence-corrected chi connectivity index (χ2v) is 6.22. The summed E-state index contributed by atoms with van der Waals surface area (Å²) >= 11 is 1.77. The first-order valence-corrected chi connectivity index (χ1v) is 6.32. The van der Waals surface area contributed by atoms with Gasteiger partial charge in [0.05, 0.1) is 6.04 Å². The predicted octanol–water partition coefficient (Wildman–Crippen LogP) is 3.32. The van der Waals surface area contributed by atoms with E-state index in [1.165, 1.54) is 4.88 Å². The molecule has 1 heterocycles. The maximum Gasteiger partial charge on any atom is 0.0556 e. The number of hydrogen-bond donors (Lipinski definition) is 2. The quantitative estimate of drug-likeness (QED) is 0.610. The molecule has 0 saturated carbocycles. The van der Waals surface area contributed by atoms with Gasteiger partial charge in [-0.2, -0.15) is 0 Å². The molecule has 0 aliphatic heterocycles. The van der Waals surface area contributed by atoms with Crippen LogP contribution in [0, 0.1) is 11.3 Å². The van der Waals surface area contributed by atoms with Gasteiger partial charge in [0, 0.05) is 4.88 Å². The van der Waals surface area contributed by atoms with E-state index in [2.05, 4.69) is 50.6 Å². The van der Waals surface area contributed by atoms with Crippen molar-refractivity contribution in [3.63, 3.8) is 0 Å². The van der Waals surface area contributed by atoms with Crippen LogP contribution in [-0.2, 0) is 0 Å². The van der Waals surface area contributed by atoms with Crippen LogP contribution in [0.4, 0.5) is 0 Å². The Morgan fingerprint density at radius 2 is 2.13 bits per heavy atom. The lowest BCUT2D eigenvalue weighted by Gasteiger charge is -2.30. The summed E-state index contributed by atoms with van der Waals surface area (Å²) in [5.74, 6) is 6.25. The van der Waals surface area contributed by atoms with Crippen LogP contribution in [0.1, 0.15) is 45.0 Å². The van der Waals surface area contributed by atoms with E-state index in [9.17, 15) is 0 Å². The lowest BCUT2D eigenvalue weighted by Crippen LogP contribution is -2.31. The Kier molecular flexibility index (Phi) is 4.32. The van der Waals surface area contributed by atoms with Crippen molar-refractivity contribution in [2.45, 2.75) is 40.2 Å². The van der Waals surface area contributed by atoms with Crippen molar-refractivity contribution in [3.8, 4) is 0 Å². The van der Waals surface area contributed by atoms with Gasteiger partial charge in [0.2, 0.25) is 0 Å². The van der Waals surface area contributed by atoms with E-state index >= 15 is 0 Å². The highest BCUT2D eigenvalue weighted by Gasteiger charge is 2.24. The first kappa shape index (κ1) is 12.7. The Morgan fingerprint density at radius 1 is 1.47 bits per heavy atom. The summed E-state index contributed by atoms with van der Waals surface area (Å²) in [4.78, 5) is 1.33. The molecule has 15 heavy (non-hydrogen) atoms. The highest BCUT2D eigenvalue weighted by atomic mass is 32.1. The molecule has 0 saturated heterocycles. The molecule has 3 N–H and O–H groups in total. The van der Waals surface area contributed by atoms with Crippen LogP contribution in [0.25, 0.3) is 0 Å². The van der Waals surface area contributed by atoms with E-state index in [0.717, 1.165) is 6.42 Å². The minimum Gasteiger partial charge on any atom is -0.271 e. The molecule has 0 radical (unpaired) electrons. The zero-order valence-corrected chi connectivity index (χ0v) is 10.9. The molecule has 1 aromatic rings. The van der Waals surface area contributed by atoms with Gasteiger partial charge in [-0.15, -0.1) is 11.3 Å². The number of rotatable bonds is 4. The van der Waals surface area contributed by atoms with Gasteiger partial charge in [0.25, 0.3) is 0 Å². The lowest BCUT2D eigenvalue weighted by atomic mass is 9.78. The third-order valence-electron chi connectivity index (χ3n) is 3.16. The van der Waals surface area contributed by atoms with Crippen LogP contribution in [0.5, 0.6) is 0 Å². The Balaban J connectivity index is 2.63. The molecule has 2 atom stereocenters. The van der Waals surface area contributed by atoms with Gasteiger partial charge < -0.3 is 0 Å². The highest BCUT2D eigenvalue weighted by molar-refractivity contribution is 7.10. The van der Waals surface area contributed by atoms with Gasteiger partial charge in [0.15, 0.2) is 0 Å². The number of hydrogen-bond acceptors (Lipinski definition) is 3. The van der Waals surface area contributed by atoms with Crippen LogP contribution in [0.3, 0.4) is 0 Å². The van der Waals surface area contributed by atoms with Crippen molar-refractivity contribution >= 4 is 11.3 Å². The lowest BCUT2D eigenvalue weighted by molar-refractivity contribution is 0.224. The van der Waals surface area contributed by atoms with E-state index in [-0.39, 0.29) is 0 Å². The summed E-state index contributed by atoms with van der Waals surface area (Å²) in [6, 6.07) is 4.51. The predicted molar refractivity (Wildman–Crippen MR) is 67.6 cm³/mol. The molecule has 86 valence electrons. The molecule has 1 rings (SSSR count). The average molecular weight is 226 g/mol. The molecule has 2 unspecified atom stereocenters. The van der Waals surface area contributed by atoms with E-state index < -0.39 is 0 Å². The summed E-state index contributed by atoms with van der Waals surface area (Å²) < 4.78 is 0. The van der Waals surface area contributed by atoms with E-state index in [1.807, 2.05) is 0 Å². The molecule has 1 aromatic heterocycles. The van der Waals surface area contributed by atoms with E-state index in [1.54, 1.807) is 11.3 Å². The molecule has 0 fully saturated rings. The zero-order chi connectivity index (χ0) is 11.5. The van der Waals surface area contributed by atoms with Crippen molar-refractivity contribution in [2.75, 3.05) is 0 Å². The first-order chi connectivity index (χ1) is 6.95. The Morgan fingerprint density at radius 3 is 2.53 bits per heavy atom. The number of thiophene rings is 1. The molecular formula is C12H22N2S. The average Bonchev–Trinajstić information content (AvgIpc) is 2.64. The fraction of sp³-hybridized carbons (Fsp3) is 0.667. The second-order valence-electron chi connectivity index (χ2n) is 5.24. The van der Waals surface area contributed by atoms with Crippen molar-refractivity contribution in [3.05, 3.63) is 22.4 Å². The molecule has 0 aliphatic rings. The van der Waals surface area contributed by atoms with E-state index in [4.69, 9.17) is 5.84 Å². The summed E-state index contributed by atoms with van der Waals surface area (Å²) in [7, 11) is 0. The van der Waals surface area contributed by atoms with Gasteiger partial charge in [-0.25, -0.2) is 0 Å². The second kappa shape index (κ2) is 5.10. The molecule has 0 amide bonds. The van der Waals surface area contributed by atoms with Crippen molar-refractivity contribution in [1.82, 2.24) is 5.43 Å². The fourth-order valence-corrected chi connectivity index (χ4v) is 2.26. The van der Waals surface area contributed by atoms with Gasteiger partial charge in [-0.05, 0) is 29.2 Å². The zero-order valence-electron chi connectivity index (χ0n) is 10.1. The maximum atomic E-state index is 5.61. The Hall–Kier alpha value is -0.380. The molecule has 0 aromatic carbocycles. The van der Waals surface area contributed by atoms with Crippen LogP contribution in [-0.4, -0.2) is 0 Å². The molecule has 0 aliphatic carbocycles. The number of nitrogens with one attached hydrogen (secondary N) is 1. The number of hydrazine groups is 1. The Bertz CT molecular complexity index is 274. The van der Waals surface area contributed by atoms with Gasteiger partial charge in [-0.3, -0.25) is 11.3 Å². The maximum absolute atomic E-state index is 5.61. The van der Waals surface area contributed by atoms with Gasteiger partial charge in [-0.1, -0.05) is 33.8 Å². The van der Waals surface area contributed by atoms with Gasteiger partial charge >= 0.3 is 0 Å². The normalized spacial score (nSPS) is 16.3. The fourth-order valence-electron chi connectivity index (χ4n) is 1.46. The topological polar surface area (TPSA) is 38.0 Å². The molecule has 2 nitrogen and oxygen atoms in total.